The maximum atomic E-state index is 13.4. The molecule has 0 saturated carbocycles. The van der Waals surface area contributed by atoms with E-state index < -0.39 is 15.3 Å². The van der Waals surface area contributed by atoms with Crippen molar-refractivity contribution in [2.45, 2.75) is 37.1 Å². The van der Waals surface area contributed by atoms with Gasteiger partial charge in [0.2, 0.25) is 21.2 Å². The van der Waals surface area contributed by atoms with Crippen molar-refractivity contribution in [3.05, 3.63) is 99.8 Å². The van der Waals surface area contributed by atoms with Crippen LogP contribution in [0.3, 0.4) is 0 Å². The summed E-state index contributed by atoms with van der Waals surface area (Å²) < 4.78 is 28.4. The second kappa shape index (κ2) is 8.67. The molecule has 0 atom stereocenters. The molecule has 33 heavy (non-hydrogen) atoms. The highest BCUT2D eigenvalue weighted by Gasteiger charge is 2.24. The summed E-state index contributed by atoms with van der Waals surface area (Å²) in [5.74, 6) is -0.326. The number of sulfone groups is 1. The second-order valence-electron chi connectivity index (χ2n) is 8.08. The number of carbonyl (C=O) groups excluding carboxylic acids is 1. The summed E-state index contributed by atoms with van der Waals surface area (Å²) in [6.45, 7) is 5.45. The summed E-state index contributed by atoms with van der Waals surface area (Å²) in [6, 6.07) is 18.9. The third-order valence-electron chi connectivity index (χ3n) is 5.77. The van der Waals surface area contributed by atoms with Crippen molar-refractivity contribution in [1.82, 2.24) is 4.57 Å². The Labute approximate surface area is 192 Å². The van der Waals surface area contributed by atoms with Crippen LogP contribution in [0.25, 0.3) is 10.9 Å². The number of fused-ring (bicyclic) bond motifs is 1. The van der Waals surface area contributed by atoms with E-state index in [9.17, 15) is 18.0 Å². The molecule has 1 amide bonds. The maximum absolute atomic E-state index is 13.4. The van der Waals surface area contributed by atoms with E-state index in [1.807, 2.05) is 39.0 Å². The number of nitrogens with zero attached hydrogens (tertiary/aromatic N) is 1. The van der Waals surface area contributed by atoms with E-state index in [4.69, 9.17) is 0 Å². The summed E-state index contributed by atoms with van der Waals surface area (Å²) in [5, 5.41) is 3.10. The predicted molar refractivity (Wildman–Crippen MR) is 129 cm³/mol. The predicted octanol–water partition coefficient (Wildman–Crippen LogP) is 4.40. The molecule has 0 unspecified atom stereocenters. The number of aromatic nitrogens is 1. The zero-order valence-electron chi connectivity index (χ0n) is 18.6. The van der Waals surface area contributed by atoms with Gasteiger partial charge in [0.25, 0.3) is 0 Å². The molecule has 1 N–H and O–H groups in total. The number of pyridine rings is 1. The molecule has 0 bridgehead atoms. The fourth-order valence-corrected chi connectivity index (χ4v) is 5.16. The summed E-state index contributed by atoms with van der Waals surface area (Å²) >= 11 is 0. The van der Waals surface area contributed by atoms with Crippen molar-refractivity contribution in [2.75, 3.05) is 5.32 Å². The van der Waals surface area contributed by atoms with Gasteiger partial charge in [0.05, 0.1) is 10.4 Å². The number of nitrogens with one attached hydrogen (secondary N) is 1. The van der Waals surface area contributed by atoms with Gasteiger partial charge in [-0.1, -0.05) is 36.4 Å². The number of para-hydroxylation sites is 2. The average Bonchev–Trinajstić information content (AvgIpc) is 2.79. The molecule has 3 aromatic carbocycles. The second-order valence-corrected chi connectivity index (χ2v) is 10.00. The van der Waals surface area contributed by atoms with Gasteiger partial charge in [-0.3, -0.25) is 9.59 Å². The summed E-state index contributed by atoms with van der Waals surface area (Å²) in [4.78, 5) is 25.7. The molecule has 0 radical (unpaired) electrons. The van der Waals surface area contributed by atoms with E-state index in [1.54, 1.807) is 42.5 Å². The Kier molecular flexibility index (Phi) is 5.91. The van der Waals surface area contributed by atoms with E-state index >= 15 is 0 Å². The van der Waals surface area contributed by atoms with Crippen LogP contribution in [0.4, 0.5) is 5.69 Å². The maximum Gasteiger partial charge on any atom is 0.244 e. The van der Waals surface area contributed by atoms with Gasteiger partial charge in [-0.2, -0.15) is 0 Å². The lowest BCUT2D eigenvalue weighted by atomic mass is 10.1. The van der Waals surface area contributed by atoms with Crippen LogP contribution >= 0.6 is 0 Å². The molecule has 1 aromatic heterocycles. The minimum absolute atomic E-state index is 0.0499. The molecule has 0 aliphatic rings. The van der Waals surface area contributed by atoms with Crippen molar-refractivity contribution >= 4 is 32.3 Å². The molecule has 6 nitrogen and oxygen atoms in total. The Morgan fingerprint density at radius 1 is 0.879 bits per heavy atom. The first-order chi connectivity index (χ1) is 15.7. The van der Waals surface area contributed by atoms with Crippen LogP contribution in [0.2, 0.25) is 0 Å². The van der Waals surface area contributed by atoms with Crippen LogP contribution in [-0.2, 0) is 21.2 Å². The smallest absolute Gasteiger partial charge is 0.244 e. The highest BCUT2D eigenvalue weighted by Crippen LogP contribution is 2.23. The standard InChI is InChI=1S/C26H24N2O4S/c1-17-12-13-20(14-19(17)3)33(31,32)24-15-28(23-11-7-5-9-21(23)26(24)30)16-25(29)27-22-10-6-4-8-18(22)2/h4-15H,16H2,1-3H3,(H,27,29). The fraction of sp³-hybridized carbons (Fsp3) is 0.154. The Morgan fingerprint density at radius 3 is 2.30 bits per heavy atom. The summed E-state index contributed by atoms with van der Waals surface area (Å²) in [7, 11) is -4.09. The van der Waals surface area contributed by atoms with Crippen LogP contribution in [0.1, 0.15) is 16.7 Å². The molecule has 0 aliphatic heterocycles. The van der Waals surface area contributed by atoms with Crippen LogP contribution in [0.15, 0.2) is 87.5 Å². The molecule has 0 aliphatic carbocycles. The van der Waals surface area contributed by atoms with Crippen LogP contribution < -0.4 is 10.7 Å². The van der Waals surface area contributed by atoms with Gasteiger partial charge < -0.3 is 9.88 Å². The van der Waals surface area contributed by atoms with Gasteiger partial charge in [0.1, 0.15) is 11.4 Å². The highest BCUT2D eigenvalue weighted by molar-refractivity contribution is 7.91. The number of amides is 1. The van der Waals surface area contributed by atoms with E-state index in [1.165, 1.54) is 16.8 Å². The summed E-state index contributed by atoms with van der Waals surface area (Å²) in [6.07, 6.45) is 1.27. The molecule has 0 fully saturated rings. The molecule has 168 valence electrons. The van der Waals surface area contributed by atoms with Gasteiger partial charge in [-0.25, -0.2) is 8.42 Å². The van der Waals surface area contributed by atoms with Crippen molar-refractivity contribution in [2.24, 2.45) is 0 Å². The van der Waals surface area contributed by atoms with Crippen molar-refractivity contribution in [1.29, 1.82) is 0 Å². The first-order valence-corrected chi connectivity index (χ1v) is 12.0. The Morgan fingerprint density at radius 2 is 1.58 bits per heavy atom. The molecule has 4 aromatic rings. The largest absolute Gasteiger partial charge is 0.336 e. The average molecular weight is 461 g/mol. The molecular weight excluding hydrogens is 436 g/mol. The summed E-state index contributed by atoms with van der Waals surface area (Å²) in [5.41, 5.74) is 3.26. The van der Waals surface area contributed by atoms with E-state index in [0.29, 0.717) is 11.2 Å². The van der Waals surface area contributed by atoms with Crippen LogP contribution in [0, 0.1) is 20.8 Å². The number of hydrogen-bond donors (Lipinski definition) is 1. The Bertz CT molecular complexity index is 1550. The number of aryl methyl sites for hydroxylation is 3. The zero-order valence-corrected chi connectivity index (χ0v) is 19.4. The quantitative estimate of drug-likeness (QED) is 0.478. The number of benzene rings is 3. The SMILES string of the molecule is Cc1ccc(S(=O)(=O)c2cn(CC(=O)Nc3ccccc3C)c3ccccc3c2=O)cc1C. The van der Waals surface area contributed by atoms with Crippen molar-refractivity contribution in [3.63, 3.8) is 0 Å². The van der Waals surface area contributed by atoms with Crippen LogP contribution in [0.5, 0.6) is 0 Å². The van der Waals surface area contributed by atoms with Gasteiger partial charge >= 0.3 is 0 Å². The molecular formula is C26H24N2O4S. The molecule has 0 saturated heterocycles. The molecule has 0 spiro atoms. The van der Waals surface area contributed by atoms with Gasteiger partial charge in [0, 0.05) is 17.3 Å². The third kappa shape index (κ3) is 4.32. The lowest BCUT2D eigenvalue weighted by Gasteiger charge is -2.15. The molecule has 7 heteroatoms. The minimum Gasteiger partial charge on any atom is -0.336 e. The number of anilines is 1. The molecule has 4 rings (SSSR count). The number of carbonyl (C=O) groups is 1. The monoisotopic (exact) mass is 460 g/mol. The Balaban J connectivity index is 1.82. The zero-order chi connectivity index (χ0) is 23.8. The normalized spacial score (nSPS) is 11.5. The number of rotatable bonds is 5. The van der Waals surface area contributed by atoms with E-state index in [2.05, 4.69) is 5.32 Å². The first-order valence-electron chi connectivity index (χ1n) is 10.5. The first kappa shape index (κ1) is 22.5. The minimum atomic E-state index is -4.09. The van der Waals surface area contributed by atoms with Gasteiger partial charge in [-0.05, 0) is 67.8 Å². The van der Waals surface area contributed by atoms with Crippen LogP contribution in [-0.4, -0.2) is 18.9 Å². The van der Waals surface area contributed by atoms with E-state index in [0.717, 1.165) is 16.7 Å². The molecule has 1 heterocycles. The van der Waals surface area contributed by atoms with Gasteiger partial charge in [-0.15, -0.1) is 0 Å². The fourth-order valence-electron chi connectivity index (χ4n) is 3.71. The van der Waals surface area contributed by atoms with Crippen molar-refractivity contribution < 1.29 is 13.2 Å². The third-order valence-corrected chi connectivity index (χ3v) is 7.51. The number of hydrogen-bond acceptors (Lipinski definition) is 4. The topological polar surface area (TPSA) is 85.2 Å². The lowest BCUT2D eigenvalue weighted by Crippen LogP contribution is -2.24. The Hall–Kier alpha value is -3.71. The van der Waals surface area contributed by atoms with Crippen molar-refractivity contribution in [3.8, 4) is 0 Å². The van der Waals surface area contributed by atoms with Gasteiger partial charge in [0.15, 0.2) is 0 Å². The highest BCUT2D eigenvalue weighted by atomic mass is 32.2. The lowest BCUT2D eigenvalue weighted by molar-refractivity contribution is -0.116. The van der Waals surface area contributed by atoms with E-state index in [-0.39, 0.29) is 27.6 Å².